The fraction of sp³-hybridized carbons (Fsp3) is 0.923. The number of ketones is 1. The minimum Gasteiger partial charge on any atom is -0.298 e. The van der Waals surface area contributed by atoms with E-state index in [2.05, 4.69) is 13.8 Å². The lowest BCUT2D eigenvalue weighted by Crippen LogP contribution is -2.37. The first kappa shape index (κ1) is 11.5. The Morgan fingerprint density at radius 3 is 2.60 bits per heavy atom. The van der Waals surface area contributed by atoms with E-state index in [1.807, 2.05) is 11.8 Å². The summed E-state index contributed by atoms with van der Waals surface area (Å²) in [5.74, 6) is 2.12. The Morgan fingerprint density at radius 1 is 1.20 bits per heavy atom. The van der Waals surface area contributed by atoms with Crippen LogP contribution in [0, 0.1) is 11.3 Å². The van der Waals surface area contributed by atoms with Crippen LogP contribution < -0.4 is 0 Å². The second kappa shape index (κ2) is 4.48. The molecule has 1 aliphatic carbocycles. The van der Waals surface area contributed by atoms with Gasteiger partial charge in [0.2, 0.25) is 0 Å². The molecule has 0 N–H and O–H groups in total. The van der Waals surface area contributed by atoms with Crippen LogP contribution in [0.1, 0.15) is 52.4 Å². The molecular formula is C13H22OS. The van der Waals surface area contributed by atoms with Gasteiger partial charge in [-0.15, -0.1) is 0 Å². The van der Waals surface area contributed by atoms with E-state index in [-0.39, 0.29) is 5.41 Å². The van der Waals surface area contributed by atoms with Gasteiger partial charge in [0.05, 0.1) is 5.25 Å². The molecule has 0 spiro atoms. The van der Waals surface area contributed by atoms with Gasteiger partial charge >= 0.3 is 0 Å². The Labute approximate surface area is 97.4 Å². The molecule has 1 saturated carbocycles. The van der Waals surface area contributed by atoms with Crippen molar-refractivity contribution in [3.63, 3.8) is 0 Å². The number of carbonyl (C=O) groups excluding carboxylic acids is 1. The summed E-state index contributed by atoms with van der Waals surface area (Å²) in [6.07, 6.45) is 7.33. The summed E-state index contributed by atoms with van der Waals surface area (Å²) >= 11 is 1.90. The fourth-order valence-electron chi connectivity index (χ4n) is 3.05. The predicted octanol–water partition coefficient (Wildman–Crippen LogP) is 3.67. The smallest absolute Gasteiger partial charge is 0.149 e. The predicted molar refractivity (Wildman–Crippen MR) is 66.2 cm³/mol. The van der Waals surface area contributed by atoms with Crippen molar-refractivity contribution in [3.05, 3.63) is 0 Å². The van der Waals surface area contributed by atoms with Crippen molar-refractivity contribution in [2.24, 2.45) is 11.3 Å². The highest BCUT2D eigenvalue weighted by molar-refractivity contribution is 8.00. The summed E-state index contributed by atoms with van der Waals surface area (Å²) in [5.41, 5.74) is 0.262. The van der Waals surface area contributed by atoms with Gasteiger partial charge in [-0.2, -0.15) is 11.8 Å². The zero-order valence-corrected chi connectivity index (χ0v) is 10.7. The summed E-state index contributed by atoms with van der Waals surface area (Å²) in [6, 6.07) is 0. The zero-order chi connectivity index (χ0) is 10.9. The molecule has 0 aromatic carbocycles. The SMILES string of the molecule is CC1(C)CCCCC1C(=O)C1CCCS1. The Bertz CT molecular complexity index is 241. The minimum absolute atomic E-state index is 0.262. The number of rotatable bonds is 2. The van der Waals surface area contributed by atoms with Gasteiger partial charge in [-0.1, -0.05) is 26.7 Å². The van der Waals surface area contributed by atoms with Crippen molar-refractivity contribution in [2.45, 2.75) is 57.6 Å². The molecule has 0 aromatic rings. The second-order valence-corrected chi connectivity index (χ2v) is 7.00. The van der Waals surface area contributed by atoms with Crippen molar-refractivity contribution < 1.29 is 4.79 Å². The molecule has 2 rings (SSSR count). The largest absolute Gasteiger partial charge is 0.298 e. The molecular weight excluding hydrogens is 204 g/mol. The van der Waals surface area contributed by atoms with Crippen molar-refractivity contribution in [3.8, 4) is 0 Å². The number of hydrogen-bond acceptors (Lipinski definition) is 2. The maximum atomic E-state index is 12.4. The maximum absolute atomic E-state index is 12.4. The van der Waals surface area contributed by atoms with Crippen LogP contribution >= 0.6 is 11.8 Å². The van der Waals surface area contributed by atoms with Crippen LogP contribution in [-0.4, -0.2) is 16.8 Å². The van der Waals surface area contributed by atoms with Crippen LogP contribution in [0.3, 0.4) is 0 Å². The van der Waals surface area contributed by atoms with E-state index in [0.29, 0.717) is 17.0 Å². The molecule has 1 heterocycles. The quantitative estimate of drug-likeness (QED) is 0.714. The Balaban J connectivity index is 2.04. The second-order valence-electron chi connectivity index (χ2n) is 5.69. The topological polar surface area (TPSA) is 17.1 Å². The number of carbonyl (C=O) groups is 1. The summed E-state index contributed by atoms with van der Waals surface area (Å²) < 4.78 is 0. The minimum atomic E-state index is 0.262. The molecule has 1 nitrogen and oxygen atoms in total. The highest BCUT2D eigenvalue weighted by Gasteiger charge is 2.40. The number of hydrogen-bond donors (Lipinski definition) is 0. The summed E-state index contributed by atoms with van der Waals surface area (Å²) in [6.45, 7) is 4.57. The highest BCUT2D eigenvalue weighted by Crippen LogP contribution is 2.43. The molecule has 0 radical (unpaired) electrons. The summed E-state index contributed by atoms with van der Waals surface area (Å²) in [4.78, 5) is 12.4. The lowest BCUT2D eigenvalue weighted by molar-refractivity contribution is -0.127. The number of thioether (sulfide) groups is 1. The lowest BCUT2D eigenvalue weighted by atomic mass is 9.66. The van der Waals surface area contributed by atoms with E-state index >= 15 is 0 Å². The Kier molecular flexibility index (Phi) is 3.44. The van der Waals surface area contributed by atoms with Crippen molar-refractivity contribution >= 4 is 17.5 Å². The molecule has 2 fully saturated rings. The van der Waals surface area contributed by atoms with E-state index in [1.165, 1.54) is 31.4 Å². The lowest BCUT2D eigenvalue weighted by Gasteiger charge is -2.38. The maximum Gasteiger partial charge on any atom is 0.149 e. The normalized spacial score (nSPS) is 35.3. The average molecular weight is 226 g/mol. The van der Waals surface area contributed by atoms with Crippen LogP contribution in [0.25, 0.3) is 0 Å². The van der Waals surface area contributed by atoms with E-state index < -0.39 is 0 Å². The van der Waals surface area contributed by atoms with Crippen LogP contribution in [0.5, 0.6) is 0 Å². The van der Waals surface area contributed by atoms with Gasteiger partial charge in [-0.3, -0.25) is 4.79 Å². The van der Waals surface area contributed by atoms with Crippen LogP contribution in [0.2, 0.25) is 0 Å². The van der Waals surface area contributed by atoms with Gasteiger partial charge < -0.3 is 0 Å². The Morgan fingerprint density at radius 2 is 2.00 bits per heavy atom. The zero-order valence-electron chi connectivity index (χ0n) is 9.92. The van der Waals surface area contributed by atoms with Crippen molar-refractivity contribution in [2.75, 3.05) is 5.75 Å². The Hall–Kier alpha value is 0.0200. The van der Waals surface area contributed by atoms with E-state index in [1.54, 1.807) is 0 Å². The molecule has 0 amide bonds. The van der Waals surface area contributed by atoms with E-state index in [4.69, 9.17) is 0 Å². The van der Waals surface area contributed by atoms with Crippen LogP contribution in [0.4, 0.5) is 0 Å². The van der Waals surface area contributed by atoms with Gasteiger partial charge in [0.15, 0.2) is 0 Å². The third-order valence-electron chi connectivity index (χ3n) is 4.10. The molecule has 2 aliphatic rings. The van der Waals surface area contributed by atoms with Gasteiger partial charge in [-0.05, 0) is 36.9 Å². The summed E-state index contributed by atoms with van der Waals surface area (Å²) in [5, 5.41) is 0.340. The highest BCUT2D eigenvalue weighted by atomic mass is 32.2. The average Bonchev–Trinajstić information content (AvgIpc) is 2.69. The molecule has 1 saturated heterocycles. The van der Waals surface area contributed by atoms with Gasteiger partial charge in [0.1, 0.15) is 5.78 Å². The van der Waals surface area contributed by atoms with Crippen molar-refractivity contribution in [1.82, 2.24) is 0 Å². The van der Waals surface area contributed by atoms with E-state index in [9.17, 15) is 4.79 Å². The molecule has 0 aromatic heterocycles. The molecule has 2 atom stereocenters. The molecule has 15 heavy (non-hydrogen) atoms. The molecule has 1 aliphatic heterocycles. The molecule has 0 bridgehead atoms. The third kappa shape index (κ3) is 2.41. The van der Waals surface area contributed by atoms with Crippen LogP contribution in [-0.2, 0) is 4.79 Å². The van der Waals surface area contributed by atoms with Crippen LogP contribution in [0.15, 0.2) is 0 Å². The first-order chi connectivity index (χ1) is 7.11. The standard InChI is InChI=1S/C13H22OS/c1-13(2)8-4-3-6-10(13)12(14)11-7-5-9-15-11/h10-11H,3-9H2,1-2H3. The first-order valence-electron chi connectivity index (χ1n) is 6.26. The van der Waals surface area contributed by atoms with E-state index in [0.717, 1.165) is 12.8 Å². The van der Waals surface area contributed by atoms with Gasteiger partial charge in [-0.25, -0.2) is 0 Å². The van der Waals surface area contributed by atoms with Crippen molar-refractivity contribution in [1.29, 1.82) is 0 Å². The fourth-order valence-corrected chi connectivity index (χ4v) is 4.33. The first-order valence-corrected chi connectivity index (χ1v) is 7.31. The third-order valence-corrected chi connectivity index (χ3v) is 5.49. The van der Waals surface area contributed by atoms with Gasteiger partial charge in [0, 0.05) is 5.92 Å². The number of Topliss-reactive ketones (excluding diaryl/α,β-unsaturated/α-hetero) is 1. The van der Waals surface area contributed by atoms with Gasteiger partial charge in [0.25, 0.3) is 0 Å². The monoisotopic (exact) mass is 226 g/mol. The molecule has 86 valence electrons. The summed E-state index contributed by atoms with van der Waals surface area (Å²) in [7, 11) is 0. The molecule has 2 unspecified atom stereocenters. The molecule has 2 heteroatoms.